The number of halogens is 2. The fourth-order valence-corrected chi connectivity index (χ4v) is 5.95. The largest absolute Gasteiger partial charge is 0.482 e. The van der Waals surface area contributed by atoms with Crippen molar-refractivity contribution < 1.29 is 28.9 Å². The summed E-state index contributed by atoms with van der Waals surface area (Å²) in [5.74, 6) is 0.0270. The maximum absolute atomic E-state index is 14.7. The summed E-state index contributed by atoms with van der Waals surface area (Å²) >= 11 is 2.14. The van der Waals surface area contributed by atoms with Gasteiger partial charge in [-0.15, -0.1) is 0 Å². The van der Waals surface area contributed by atoms with Crippen molar-refractivity contribution in [1.82, 2.24) is 10.2 Å². The van der Waals surface area contributed by atoms with E-state index in [1.165, 1.54) is 23.8 Å². The Labute approximate surface area is 242 Å². The van der Waals surface area contributed by atoms with Crippen molar-refractivity contribution in [2.45, 2.75) is 69.7 Å². The molecule has 3 atom stereocenters. The summed E-state index contributed by atoms with van der Waals surface area (Å²) in [6.45, 7) is -0.171. The maximum Gasteiger partial charge on any atom is 0.247 e. The van der Waals surface area contributed by atoms with Crippen molar-refractivity contribution in [1.29, 1.82) is 0 Å². The van der Waals surface area contributed by atoms with Gasteiger partial charge in [-0.2, -0.15) is 0 Å². The minimum absolute atomic E-state index is 0.0287. The zero-order chi connectivity index (χ0) is 27.8. The molecule has 2 aromatic carbocycles. The first-order chi connectivity index (χ1) is 18.9. The molecule has 1 saturated carbocycles. The molecule has 0 bridgehead atoms. The van der Waals surface area contributed by atoms with Crippen LogP contribution in [-0.2, 0) is 16.1 Å². The Balaban J connectivity index is 1.65. The minimum Gasteiger partial charge on any atom is -0.482 e. The third-order valence-electron chi connectivity index (χ3n) is 7.57. The molecule has 9 heteroatoms. The average Bonchev–Trinajstić information content (AvgIpc) is 3.46. The summed E-state index contributed by atoms with van der Waals surface area (Å²) in [6.07, 6.45) is 5.19. The first-order valence-electron chi connectivity index (χ1n) is 13.6. The third-order valence-corrected chi connectivity index (χ3v) is 8.47. The number of aliphatic hydroxyl groups is 2. The van der Waals surface area contributed by atoms with Crippen LogP contribution in [0.25, 0.3) is 0 Å². The van der Waals surface area contributed by atoms with Gasteiger partial charge in [-0.05, 0) is 59.2 Å². The van der Waals surface area contributed by atoms with Crippen LogP contribution in [0.3, 0.4) is 0 Å². The number of rotatable bonds is 11. The van der Waals surface area contributed by atoms with E-state index in [2.05, 4.69) is 27.9 Å². The SMILES string of the molecule is O=C(NCCO)C1=CC(Oc2ccccc2I)C(O)C(N(Cc2ccccc2F)C(=O)CCC2CCCC2)C1. The first-order valence-corrected chi connectivity index (χ1v) is 14.7. The molecular formula is C30H36FIN2O5. The van der Waals surface area contributed by atoms with E-state index in [-0.39, 0.29) is 32.0 Å². The Morgan fingerprint density at radius 1 is 1.10 bits per heavy atom. The lowest BCUT2D eigenvalue weighted by Gasteiger charge is -2.41. The minimum atomic E-state index is -1.15. The van der Waals surface area contributed by atoms with Gasteiger partial charge < -0.3 is 25.2 Å². The highest BCUT2D eigenvalue weighted by Crippen LogP contribution is 2.33. The molecule has 4 rings (SSSR count). The Morgan fingerprint density at radius 2 is 1.82 bits per heavy atom. The number of para-hydroxylation sites is 1. The van der Waals surface area contributed by atoms with Crippen LogP contribution in [0.4, 0.5) is 4.39 Å². The lowest BCUT2D eigenvalue weighted by Crippen LogP contribution is -2.55. The van der Waals surface area contributed by atoms with Crippen molar-refractivity contribution in [2.75, 3.05) is 13.2 Å². The molecule has 39 heavy (non-hydrogen) atoms. The molecule has 210 valence electrons. The fraction of sp³-hybridized carbons (Fsp3) is 0.467. The quantitative estimate of drug-likeness (QED) is 0.315. The zero-order valence-corrected chi connectivity index (χ0v) is 24.1. The summed E-state index contributed by atoms with van der Waals surface area (Å²) < 4.78 is 21.8. The molecule has 0 aliphatic heterocycles. The molecule has 7 nitrogen and oxygen atoms in total. The van der Waals surface area contributed by atoms with Gasteiger partial charge in [-0.25, -0.2) is 4.39 Å². The number of carbonyl (C=O) groups excluding carboxylic acids is 2. The van der Waals surface area contributed by atoms with Gasteiger partial charge in [0.2, 0.25) is 11.8 Å². The van der Waals surface area contributed by atoms with E-state index >= 15 is 0 Å². The smallest absolute Gasteiger partial charge is 0.247 e. The molecule has 0 heterocycles. The molecule has 2 aliphatic carbocycles. The summed E-state index contributed by atoms with van der Waals surface area (Å²) in [5.41, 5.74) is 0.687. The van der Waals surface area contributed by atoms with E-state index in [1.807, 2.05) is 18.2 Å². The number of aliphatic hydroxyl groups excluding tert-OH is 2. The highest BCUT2D eigenvalue weighted by molar-refractivity contribution is 14.1. The van der Waals surface area contributed by atoms with Gasteiger partial charge in [-0.1, -0.05) is 56.0 Å². The van der Waals surface area contributed by atoms with Gasteiger partial charge >= 0.3 is 0 Å². The van der Waals surface area contributed by atoms with E-state index in [0.717, 1.165) is 22.8 Å². The standard InChI is InChI=1S/C30H36FIN2O5/c31-23-10-4-3-9-21(23)19-34(28(36)14-13-20-7-1-2-8-20)25-17-22(30(38)33-15-16-35)18-27(29(25)37)39-26-12-6-5-11-24(26)32/h3-6,9-12,18,20,25,27,29,35,37H,1-2,7-8,13-17,19H2,(H,33,38). The van der Waals surface area contributed by atoms with E-state index in [1.54, 1.807) is 30.3 Å². The van der Waals surface area contributed by atoms with Crippen LogP contribution in [0.5, 0.6) is 5.75 Å². The second kappa shape index (κ2) is 14.2. The first kappa shape index (κ1) is 29.5. The van der Waals surface area contributed by atoms with Gasteiger partial charge in [0.15, 0.2) is 0 Å². The second-order valence-corrected chi connectivity index (χ2v) is 11.4. The Hall–Kier alpha value is -2.50. The van der Waals surface area contributed by atoms with Crippen molar-refractivity contribution in [3.63, 3.8) is 0 Å². The van der Waals surface area contributed by atoms with Crippen LogP contribution in [-0.4, -0.2) is 58.3 Å². The lowest BCUT2D eigenvalue weighted by molar-refractivity contribution is -0.139. The van der Waals surface area contributed by atoms with Crippen LogP contribution in [0.15, 0.2) is 60.2 Å². The molecule has 2 amide bonds. The van der Waals surface area contributed by atoms with Gasteiger partial charge in [0, 0.05) is 37.1 Å². The van der Waals surface area contributed by atoms with Crippen LogP contribution < -0.4 is 10.1 Å². The fourth-order valence-electron chi connectivity index (χ4n) is 5.44. The molecule has 0 spiro atoms. The molecule has 1 fully saturated rings. The number of hydrogen-bond donors (Lipinski definition) is 3. The number of hydrogen-bond acceptors (Lipinski definition) is 5. The van der Waals surface area contributed by atoms with Crippen LogP contribution in [0, 0.1) is 15.3 Å². The molecule has 0 radical (unpaired) electrons. The molecule has 2 aromatic rings. The molecule has 3 unspecified atom stereocenters. The summed E-state index contributed by atoms with van der Waals surface area (Å²) in [7, 11) is 0. The third kappa shape index (κ3) is 7.79. The molecule has 0 aromatic heterocycles. The predicted molar refractivity (Wildman–Crippen MR) is 154 cm³/mol. The number of benzene rings is 2. The van der Waals surface area contributed by atoms with Crippen molar-refractivity contribution in [2.24, 2.45) is 5.92 Å². The normalized spacial score (nSPS) is 21.3. The number of amides is 2. The highest BCUT2D eigenvalue weighted by Gasteiger charge is 2.41. The van der Waals surface area contributed by atoms with E-state index in [9.17, 15) is 24.2 Å². The predicted octanol–water partition coefficient (Wildman–Crippen LogP) is 4.35. The summed E-state index contributed by atoms with van der Waals surface area (Å²) in [5, 5.41) is 23.4. The molecular weight excluding hydrogens is 614 g/mol. The van der Waals surface area contributed by atoms with Crippen LogP contribution >= 0.6 is 22.6 Å². The highest BCUT2D eigenvalue weighted by atomic mass is 127. The van der Waals surface area contributed by atoms with Crippen LogP contribution in [0.1, 0.15) is 50.5 Å². The number of nitrogens with zero attached hydrogens (tertiary/aromatic N) is 1. The van der Waals surface area contributed by atoms with Gasteiger partial charge in [0.25, 0.3) is 0 Å². The van der Waals surface area contributed by atoms with E-state index in [4.69, 9.17) is 4.74 Å². The number of nitrogens with one attached hydrogen (secondary N) is 1. The Morgan fingerprint density at radius 3 is 2.54 bits per heavy atom. The van der Waals surface area contributed by atoms with Crippen molar-refractivity contribution >= 4 is 34.4 Å². The summed E-state index contributed by atoms with van der Waals surface area (Å²) in [6, 6.07) is 12.8. The number of carbonyl (C=O) groups is 2. The van der Waals surface area contributed by atoms with Gasteiger partial charge in [-0.3, -0.25) is 9.59 Å². The zero-order valence-electron chi connectivity index (χ0n) is 21.9. The lowest BCUT2D eigenvalue weighted by atomic mass is 9.87. The van der Waals surface area contributed by atoms with Crippen LogP contribution in [0.2, 0.25) is 0 Å². The summed E-state index contributed by atoms with van der Waals surface area (Å²) in [4.78, 5) is 28.2. The maximum atomic E-state index is 14.7. The molecule has 0 saturated heterocycles. The molecule has 3 N–H and O–H groups in total. The van der Waals surface area contributed by atoms with Gasteiger partial charge in [0.1, 0.15) is 23.8 Å². The Bertz CT molecular complexity index is 1170. The van der Waals surface area contributed by atoms with E-state index < -0.39 is 30.0 Å². The van der Waals surface area contributed by atoms with E-state index in [0.29, 0.717) is 29.2 Å². The topological polar surface area (TPSA) is 99.1 Å². The average molecular weight is 651 g/mol. The van der Waals surface area contributed by atoms with Crippen molar-refractivity contribution in [3.05, 3.63) is 75.1 Å². The number of ether oxygens (including phenoxy) is 1. The monoisotopic (exact) mass is 650 g/mol. The second-order valence-electron chi connectivity index (χ2n) is 10.2. The van der Waals surface area contributed by atoms with Gasteiger partial charge in [0.05, 0.1) is 16.2 Å². The molecule has 2 aliphatic rings. The van der Waals surface area contributed by atoms with Crippen molar-refractivity contribution in [3.8, 4) is 5.75 Å². The Kier molecular flexibility index (Phi) is 10.8.